The maximum Gasteiger partial charge on any atom is 0.277 e. The number of fused-ring (bicyclic) bond motifs is 1. The van der Waals surface area contributed by atoms with E-state index < -0.39 is 5.25 Å². The quantitative estimate of drug-likeness (QED) is 0.425. The molecule has 2 aromatic carbocycles. The van der Waals surface area contributed by atoms with Gasteiger partial charge in [0, 0.05) is 22.7 Å². The van der Waals surface area contributed by atoms with Crippen molar-refractivity contribution in [1.29, 1.82) is 0 Å². The van der Waals surface area contributed by atoms with Crippen molar-refractivity contribution in [2.45, 2.75) is 17.4 Å². The Morgan fingerprint density at radius 3 is 2.67 bits per heavy atom. The molecule has 9 heteroatoms. The van der Waals surface area contributed by atoms with Crippen molar-refractivity contribution < 1.29 is 18.7 Å². The molecule has 0 saturated carbocycles. The van der Waals surface area contributed by atoms with Crippen molar-refractivity contribution in [2.75, 3.05) is 19.5 Å². The molecule has 0 aliphatic heterocycles. The smallest absolute Gasteiger partial charge is 0.277 e. The lowest BCUT2D eigenvalue weighted by molar-refractivity contribution is -0.115. The highest BCUT2D eigenvalue weighted by atomic mass is 32.2. The van der Waals surface area contributed by atoms with Crippen LogP contribution >= 0.6 is 11.8 Å². The Morgan fingerprint density at radius 2 is 1.90 bits per heavy atom. The van der Waals surface area contributed by atoms with Crippen LogP contribution in [-0.4, -0.2) is 40.6 Å². The Kier molecular flexibility index (Phi) is 5.62. The van der Waals surface area contributed by atoms with Crippen molar-refractivity contribution in [3.8, 4) is 23.1 Å². The summed E-state index contributed by atoms with van der Waals surface area (Å²) in [6.45, 7) is 1.77. The first kappa shape index (κ1) is 19.8. The first-order chi connectivity index (χ1) is 14.6. The zero-order valence-electron chi connectivity index (χ0n) is 16.6. The third-order valence-corrected chi connectivity index (χ3v) is 5.40. The summed E-state index contributed by atoms with van der Waals surface area (Å²) < 4.78 is 16.2. The summed E-state index contributed by atoms with van der Waals surface area (Å²) in [6.07, 6.45) is 0. The number of nitrogens with one attached hydrogen (secondary N) is 2. The molecule has 0 saturated heterocycles. The number of anilines is 1. The van der Waals surface area contributed by atoms with Gasteiger partial charge >= 0.3 is 0 Å². The molecule has 2 heterocycles. The van der Waals surface area contributed by atoms with E-state index in [0.29, 0.717) is 28.3 Å². The number of ether oxygens (including phenoxy) is 2. The highest BCUT2D eigenvalue weighted by Crippen LogP contribution is 2.31. The fourth-order valence-corrected chi connectivity index (χ4v) is 3.60. The topological polar surface area (TPSA) is 102 Å². The largest absolute Gasteiger partial charge is 0.493 e. The van der Waals surface area contributed by atoms with E-state index in [2.05, 4.69) is 20.5 Å². The van der Waals surface area contributed by atoms with Gasteiger partial charge in [-0.1, -0.05) is 30.0 Å². The Bertz CT molecular complexity index is 1150. The number of amides is 1. The summed E-state index contributed by atoms with van der Waals surface area (Å²) in [4.78, 5) is 15.8. The monoisotopic (exact) mass is 424 g/mol. The van der Waals surface area contributed by atoms with E-state index in [1.54, 1.807) is 39.3 Å². The van der Waals surface area contributed by atoms with Crippen molar-refractivity contribution in [1.82, 2.24) is 15.2 Å². The number of benzene rings is 2. The SMILES string of the molecule is COc1ccc(NC(=O)[C@H](C)Sc2nnc(-c3cc4ccccc4[nH]3)o2)cc1OC. The first-order valence-corrected chi connectivity index (χ1v) is 10.1. The summed E-state index contributed by atoms with van der Waals surface area (Å²) in [5.74, 6) is 1.31. The van der Waals surface area contributed by atoms with E-state index in [0.717, 1.165) is 16.6 Å². The van der Waals surface area contributed by atoms with Crippen LogP contribution in [0.15, 0.2) is 58.2 Å². The van der Waals surface area contributed by atoms with Gasteiger partial charge in [-0.25, -0.2) is 0 Å². The number of hydrogen-bond acceptors (Lipinski definition) is 7. The lowest BCUT2D eigenvalue weighted by Gasteiger charge is -2.12. The number of aromatic amines is 1. The minimum absolute atomic E-state index is 0.197. The maximum atomic E-state index is 12.6. The van der Waals surface area contributed by atoms with Crippen LogP contribution in [0.25, 0.3) is 22.5 Å². The van der Waals surface area contributed by atoms with Gasteiger partial charge in [-0.3, -0.25) is 4.79 Å². The van der Waals surface area contributed by atoms with Crippen LogP contribution in [0.3, 0.4) is 0 Å². The average Bonchev–Trinajstić information content (AvgIpc) is 3.40. The van der Waals surface area contributed by atoms with Crippen molar-refractivity contribution in [2.24, 2.45) is 0 Å². The zero-order chi connectivity index (χ0) is 21.1. The molecule has 0 bridgehead atoms. The van der Waals surface area contributed by atoms with Gasteiger partial charge in [-0.05, 0) is 31.2 Å². The molecule has 0 fully saturated rings. The lowest BCUT2D eigenvalue weighted by atomic mass is 10.2. The van der Waals surface area contributed by atoms with Gasteiger partial charge in [0.05, 0.1) is 19.5 Å². The Morgan fingerprint density at radius 1 is 1.10 bits per heavy atom. The second-order valence-corrected chi connectivity index (χ2v) is 7.75. The molecular formula is C21H20N4O4S. The van der Waals surface area contributed by atoms with Gasteiger partial charge in [-0.2, -0.15) is 0 Å². The predicted octanol–water partition coefficient (Wildman–Crippen LogP) is 4.35. The van der Waals surface area contributed by atoms with E-state index >= 15 is 0 Å². The average molecular weight is 424 g/mol. The number of carbonyl (C=O) groups is 1. The van der Waals surface area contributed by atoms with Crippen LogP contribution in [0.2, 0.25) is 0 Å². The molecule has 0 radical (unpaired) electrons. The van der Waals surface area contributed by atoms with Gasteiger partial charge in [0.15, 0.2) is 11.5 Å². The molecule has 1 amide bonds. The number of rotatable bonds is 7. The molecule has 0 unspecified atom stereocenters. The number of carbonyl (C=O) groups excluding carboxylic acids is 1. The molecule has 0 spiro atoms. The fraction of sp³-hybridized carbons (Fsp3) is 0.190. The second-order valence-electron chi connectivity index (χ2n) is 6.46. The molecular weight excluding hydrogens is 404 g/mol. The summed E-state index contributed by atoms with van der Waals surface area (Å²) >= 11 is 1.19. The highest BCUT2D eigenvalue weighted by molar-refractivity contribution is 8.00. The van der Waals surface area contributed by atoms with Gasteiger partial charge in [0.25, 0.3) is 11.1 Å². The molecule has 2 N–H and O–H groups in total. The van der Waals surface area contributed by atoms with Crippen molar-refractivity contribution >= 4 is 34.3 Å². The van der Waals surface area contributed by atoms with Crippen LogP contribution in [0.1, 0.15) is 6.92 Å². The summed E-state index contributed by atoms with van der Waals surface area (Å²) in [7, 11) is 3.10. The van der Waals surface area contributed by atoms with Crippen LogP contribution < -0.4 is 14.8 Å². The number of methoxy groups -OCH3 is 2. The van der Waals surface area contributed by atoms with Crippen LogP contribution in [-0.2, 0) is 4.79 Å². The third kappa shape index (κ3) is 4.11. The van der Waals surface area contributed by atoms with E-state index in [9.17, 15) is 4.79 Å². The molecule has 0 aliphatic rings. The predicted molar refractivity (Wildman–Crippen MR) is 115 cm³/mol. The number of para-hydroxylation sites is 1. The van der Waals surface area contributed by atoms with Crippen LogP contribution in [0, 0.1) is 0 Å². The van der Waals surface area contributed by atoms with Crippen molar-refractivity contribution in [3.63, 3.8) is 0 Å². The number of aromatic nitrogens is 3. The molecule has 30 heavy (non-hydrogen) atoms. The Labute approximate surface area is 177 Å². The number of nitrogens with zero attached hydrogens (tertiary/aromatic N) is 2. The van der Waals surface area contributed by atoms with E-state index in [1.807, 2.05) is 30.3 Å². The summed E-state index contributed by atoms with van der Waals surface area (Å²) in [5.41, 5.74) is 2.33. The molecule has 4 aromatic rings. The van der Waals surface area contributed by atoms with Crippen molar-refractivity contribution in [3.05, 3.63) is 48.5 Å². The number of H-pyrrole nitrogens is 1. The normalized spacial score (nSPS) is 12.0. The van der Waals surface area contributed by atoms with E-state index in [-0.39, 0.29) is 5.91 Å². The zero-order valence-corrected chi connectivity index (χ0v) is 17.4. The standard InChI is InChI=1S/C21H20N4O4S/c1-12(19(26)22-14-8-9-17(27-2)18(11-14)28-3)30-21-25-24-20(29-21)16-10-13-6-4-5-7-15(13)23-16/h4-12,23H,1-3H3,(H,22,26)/t12-/m0/s1. The number of hydrogen-bond donors (Lipinski definition) is 2. The minimum atomic E-state index is -0.450. The Balaban J connectivity index is 1.42. The molecule has 1 atom stereocenters. The van der Waals surface area contributed by atoms with Crippen LogP contribution in [0.5, 0.6) is 11.5 Å². The molecule has 2 aromatic heterocycles. The fourth-order valence-electron chi connectivity index (χ4n) is 2.92. The maximum absolute atomic E-state index is 12.6. The first-order valence-electron chi connectivity index (χ1n) is 9.18. The second kappa shape index (κ2) is 8.50. The van der Waals surface area contributed by atoms with Crippen LogP contribution in [0.4, 0.5) is 5.69 Å². The van der Waals surface area contributed by atoms with E-state index in [1.165, 1.54) is 11.8 Å². The molecule has 154 valence electrons. The van der Waals surface area contributed by atoms with Gasteiger partial charge in [-0.15, -0.1) is 10.2 Å². The third-order valence-electron chi connectivity index (χ3n) is 4.46. The van der Waals surface area contributed by atoms with E-state index in [4.69, 9.17) is 13.9 Å². The summed E-state index contributed by atoms with van der Waals surface area (Å²) in [5, 5.41) is 11.9. The lowest BCUT2D eigenvalue weighted by Crippen LogP contribution is -2.22. The molecule has 8 nitrogen and oxygen atoms in total. The van der Waals surface area contributed by atoms with Gasteiger partial charge in [0.1, 0.15) is 5.69 Å². The minimum Gasteiger partial charge on any atom is -0.493 e. The molecule has 0 aliphatic carbocycles. The highest BCUT2D eigenvalue weighted by Gasteiger charge is 2.20. The summed E-state index contributed by atoms with van der Waals surface area (Å²) in [6, 6.07) is 15.0. The molecule has 4 rings (SSSR count). The van der Waals surface area contributed by atoms with Gasteiger partial charge < -0.3 is 24.2 Å². The number of thioether (sulfide) groups is 1. The van der Waals surface area contributed by atoms with Gasteiger partial charge in [0.2, 0.25) is 5.91 Å². The Hall–Kier alpha value is -3.46.